The van der Waals surface area contributed by atoms with Crippen molar-refractivity contribution in [2.45, 2.75) is 39.0 Å². The van der Waals surface area contributed by atoms with Gasteiger partial charge in [0.05, 0.1) is 0 Å². The first-order valence-corrected chi connectivity index (χ1v) is 8.94. The summed E-state index contributed by atoms with van der Waals surface area (Å²) in [5.74, 6) is 0.673. The number of hydrogen-bond acceptors (Lipinski definition) is 2. The highest BCUT2D eigenvalue weighted by molar-refractivity contribution is 14.0. The molecule has 1 aromatic carbocycles. The summed E-state index contributed by atoms with van der Waals surface area (Å²) < 4.78 is 18.9. The fraction of sp³-hybridized carbons (Fsp3) is 0.632. The maximum Gasteiger partial charge on any atom is 0.191 e. The van der Waals surface area contributed by atoms with E-state index in [1.54, 1.807) is 13.2 Å². The van der Waals surface area contributed by atoms with Gasteiger partial charge in [0.2, 0.25) is 0 Å². The van der Waals surface area contributed by atoms with E-state index in [4.69, 9.17) is 9.73 Å². The molecule has 2 rings (SSSR count). The van der Waals surface area contributed by atoms with E-state index in [0.29, 0.717) is 18.4 Å². The van der Waals surface area contributed by atoms with Crippen LogP contribution in [0.4, 0.5) is 4.39 Å². The van der Waals surface area contributed by atoms with Crippen LogP contribution >= 0.6 is 24.0 Å². The van der Waals surface area contributed by atoms with Crippen LogP contribution in [0.15, 0.2) is 29.3 Å². The summed E-state index contributed by atoms with van der Waals surface area (Å²) in [5, 5.41) is 6.59. The highest BCUT2D eigenvalue weighted by Gasteiger charge is 2.36. The van der Waals surface area contributed by atoms with Crippen molar-refractivity contribution < 1.29 is 9.13 Å². The molecule has 4 nitrogen and oxygen atoms in total. The standard InChI is InChI=1S/C19H30FN3O.HI/c1-3-21-18(22-13-9-16-7-4-5-8-17(16)20)23-15-19(10-6-11-19)12-14-24-2;/h4-5,7-8H,3,6,9-15H2,1-2H3,(H2,21,22,23);1H. The number of aliphatic imine (C=N–C) groups is 1. The van der Waals surface area contributed by atoms with Crippen molar-refractivity contribution in [3.8, 4) is 0 Å². The van der Waals surface area contributed by atoms with Crippen LogP contribution in [0.3, 0.4) is 0 Å². The van der Waals surface area contributed by atoms with E-state index in [2.05, 4.69) is 17.6 Å². The van der Waals surface area contributed by atoms with Crippen LogP contribution in [0.25, 0.3) is 0 Å². The van der Waals surface area contributed by atoms with E-state index in [9.17, 15) is 4.39 Å². The van der Waals surface area contributed by atoms with Gasteiger partial charge in [0.15, 0.2) is 5.96 Å². The van der Waals surface area contributed by atoms with E-state index in [0.717, 1.165) is 37.6 Å². The number of halogens is 2. The fourth-order valence-corrected chi connectivity index (χ4v) is 3.09. The maximum atomic E-state index is 13.7. The first-order valence-electron chi connectivity index (χ1n) is 8.94. The van der Waals surface area contributed by atoms with Crippen molar-refractivity contribution in [3.05, 3.63) is 35.6 Å². The number of rotatable bonds is 9. The molecule has 1 saturated carbocycles. The zero-order valence-corrected chi connectivity index (χ0v) is 17.6. The lowest BCUT2D eigenvalue weighted by Gasteiger charge is -2.40. The van der Waals surface area contributed by atoms with Gasteiger partial charge in [0.1, 0.15) is 5.82 Å². The number of guanidine groups is 1. The van der Waals surface area contributed by atoms with Crippen molar-refractivity contribution in [1.29, 1.82) is 0 Å². The van der Waals surface area contributed by atoms with Crippen LogP contribution in [-0.4, -0.2) is 39.3 Å². The average Bonchev–Trinajstić information content (AvgIpc) is 2.55. The second-order valence-corrected chi connectivity index (χ2v) is 6.56. The topological polar surface area (TPSA) is 45.7 Å². The zero-order chi connectivity index (χ0) is 17.3. The molecule has 0 aliphatic heterocycles. The van der Waals surface area contributed by atoms with Gasteiger partial charge in [-0.1, -0.05) is 24.6 Å². The third kappa shape index (κ3) is 7.09. The van der Waals surface area contributed by atoms with E-state index in [-0.39, 0.29) is 29.8 Å². The molecule has 0 spiro atoms. The minimum absolute atomic E-state index is 0. The highest BCUT2D eigenvalue weighted by atomic mass is 127. The van der Waals surface area contributed by atoms with Crippen molar-refractivity contribution in [2.24, 2.45) is 10.4 Å². The summed E-state index contributed by atoms with van der Waals surface area (Å²) in [6.45, 7) is 5.16. The molecule has 1 aliphatic rings. The van der Waals surface area contributed by atoms with Crippen LogP contribution in [0, 0.1) is 11.2 Å². The number of methoxy groups -OCH3 is 1. The number of hydrogen-bond donors (Lipinski definition) is 2. The molecular formula is C19H31FIN3O. The molecule has 0 bridgehead atoms. The normalized spacial score (nSPS) is 15.9. The van der Waals surface area contributed by atoms with Gasteiger partial charge in [-0.3, -0.25) is 4.99 Å². The van der Waals surface area contributed by atoms with Crippen LogP contribution in [0.2, 0.25) is 0 Å². The molecule has 0 radical (unpaired) electrons. The number of nitrogens with one attached hydrogen (secondary N) is 2. The van der Waals surface area contributed by atoms with Crippen molar-refractivity contribution in [1.82, 2.24) is 10.6 Å². The minimum atomic E-state index is -0.144. The Kier molecular flexibility index (Phi) is 10.3. The third-order valence-corrected chi connectivity index (χ3v) is 4.81. The van der Waals surface area contributed by atoms with Crippen LogP contribution in [-0.2, 0) is 11.2 Å². The molecule has 0 amide bonds. The average molecular weight is 463 g/mol. The molecule has 1 aliphatic carbocycles. The number of nitrogens with zero attached hydrogens (tertiary/aromatic N) is 1. The molecule has 1 fully saturated rings. The summed E-state index contributed by atoms with van der Waals surface area (Å²) in [7, 11) is 1.75. The second-order valence-electron chi connectivity index (χ2n) is 6.56. The van der Waals surface area contributed by atoms with Gasteiger partial charge in [0.25, 0.3) is 0 Å². The van der Waals surface area contributed by atoms with Gasteiger partial charge >= 0.3 is 0 Å². The molecule has 142 valence electrons. The summed E-state index contributed by atoms with van der Waals surface area (Å²) in [6, 6.07) is 6.92. The summed E-state index contributed by atoms with van der Waals surface area (Å²) in [6.07, 6.45) is 5.47. The quantitative estimate of drug-likeness (QED) is 0.333. The van der Waals surface area contributed by atoms with Crippen molar-refractivity contribution in [3.63, 3.8) is 0 Å². The number of ether oxygens (including phenoxy) is 1. The Morgan fingerprint density at radius 3 is 2.64 bits per heavy atom. The molecule has 6 heteroatoms. The molecule has 1 aromatic rings. The number of benzene rings is 1. The van der Waals surface area contributed by atoms with E-state index >= 15 is 0 Å². The summed E-state index contributed by atoms with van der Waals surface area (Å²) in [4.78, 5) is 4.76. The monoisotopic (exact) mass is 463 g/mol. The van der Waals surface area contributed by atoms with Crippen LogP contribution in [0.5, 0.6) is 0 Å². The summed E-state index contributed by atoms with van der Waals surface area (Å²) in [5.41, 5.74) is 1.04. The molecule has 0 heterocycles. The van der Waals surface area contributed by atoms with E-state index < -0.39 is 0 Å². The van der Waals surface area contributed by atoms with Gasteiger partial charge in [-0.15, -0.1) is 24.0 Å². The zero-order valence-electron chi connectivity index (χ0n) is 15.3. The largest absolute Gasteiger partial charge is 0.385 e. The van der Waals surface area contributed by atoms with Crippen molar-refractivity contribution in [2.75, 3.05) is 33.4 Å². The van der Waals surface area contributed by atoms with E-state index in [1.807, 2.05) is 12.1 Å². The molecule has 0 saturated heterocycles. The molecule has 0 aromatic heterocycles. The molecular weight excluding hydrogens is 432 g/mol. The van der Waals surface area contributed by atoms with E-state index in [1.165, 1.54) is 25.3 Å². The lowest BCUT2D eigenvalue weighted by molar-refractivity contribution is 0.0778. The van der Waals surface area contributed by atoms with Crippen LogP contribution < -0.4 is 10.6 Å². The predicted molar refractivity (Wildman–Crippen MR) is 112 cm³/mol. The Balaban J connectivity index is 0.00000312. The van der Waals surface area contributed by atoms with Gasteiger partial charge in [-0.2, -0.15) is 0 Å². The molecule has 0 unspecified atom stereocenters. The minimum Gasteiger partial charge on any atom is -0.385 e. The predicted octanol–water partition coefficient (Wildman–Crippen LogP) is 3.75. The first-order chi connectivity index (χ1) is 11.7. The van der Waals surface area contributed by atoms with Gasteiger partial charge in [-0.25, -0.2) is 4.39 Å². The Hall–Kier alpha value is -0.890. The maximum absolute atomic E-state index is 13.7. The van der Waals surface area contributed by atoms with Gasteiger partial charge < -0.3 is 15.4 Å². The van der Waals surface area contributed by atoms with Crippen LogP contribution in [0.1, 0.15) is 38.2 Å². The molecule has 0 atom stereocenters. The highest BCUT2D eigenvalue weighted by Crippen LogP contribution is 2.44. The lowest BCUT2D eigenvalue weighted by atomic mass is 9.67. The smallest absolute Gasteiger partial charge is 0.191 e. The van der Waals surface area contributed by atoms with Gasteiger partial charge in [-0.05, 0) is 49.7 Å². The SMILES string of the molecule is CCNC(=NCC1(CCOC)CCC1)NCCc1ccccc1F.I. The Morgan fingerprint density at radius 1 is 1.28 bits per heavy atom. The van der Waals surface area contributed by atoms with Gasteiger partial charge in [0, 0.05) is 33.4 Å². The first kappa shape index (κ1) is 22.2. The lowest BCUT2D eigenvalue weighted by Crippen LogP contribution is -2.41. The van der Waals surface area contributed by atoms with Crippen molar-refractivity contribution >= 4 is 29.9 Å². The molecule has 25 heavy (non-hydrogen) atoms. The summed E-state index contributed by atoms with van der Waals surface area (Å²) >= 11 is 0. The second kappa shape index (κ2) is 11.7. The Morgan fingerprint density at radius 2 is 2.04 bits per heavy atom. The Labute approximate surface area is 168 Å². The Bertz CT molecular complexity index is 535. The third-order valence-electron chi connectivity index (χ3n) is 4.81. The molecule has 2 N–H and O–H groups in total. The fourth-order valence-electron chi connectivity index (χ4n) is 3.09.